The van der Waals surface area contributed by atoms with Gasteiger partial charge in [-0.25, -0.2) is 9.97 Å². The van der Waals surface area contributed by atoms with Crippen molar-refractivity contribution in [2.24, 2.45) is 0 Å². The summed E-state index contributed by atoms with van der Waals surface area (Å²) < 4.78 is 143. The first-order valence-electron chi connectivity index (χ1n) is 52.0. The van der Waals surface area contributed by atoms with Crippen LogP contribution in [0, 0.1) is 0 Å². The molecule has 0 radical (unpaired) electrons. The van der Waals surface area contributed by atoms with Gasteiger partial charge in [0, 0.05) is 109 Å². The third-order valence-electron chi connectivity index (χ3n) is 24.3. The number of hydrogen-bond acceptors (Lipinski definition) is 26. The number of fused-ring (bicyclic) bond motifs is 20. The fourth-order valence-corrected chi connectivity index (χ4v) is 16.8. The van der Waals surface area contributed by atoms with Crippen LogP contribution in [-0.4, -0.2) is 300 Å². The molecule has 28 heteroatoms. The summed E-state index contributed by atoms with van der Waals surface area (Å²) in [6.45, 7) is 18.1. The third-order valence-corrected chi connectivity index (χ3v) is 24.3. The lowest BCUT2D eigenvalue weighted by molar-refractivity contribution is 0.0160. The van der Waals surface area contributed by atoms with Gasteiger partial charge in [-0.3, -0.25) is 0 Å². The highest BCUT2D eigenvalue weighted by Crippen LogP contribution is 2.48. The number of ether oxygens (including phenoxy) is 24. The lowest BCUT2D eigenvalue weighted by Gasteiger charge is -2.15. The molecule has 0 unspecified atom stereocenters. The fraction of sp³-hybridized carbons (Fsp3) is 0.673. The van der Waals surface area contributed by atoms with E-state index in [1.165, 1.54) is 178 Å². The highest BCUT2D eigenvalue weighted by Gasteiger charge is 2.27. The Morgan fingerprint density at radius 2 is 0.348 bits per heavy atom. The summed E-state index contributed by atoms with van der Waals surface area (Å²) in [5.74, 6) is 3.03. The number of aryl methyl sites for hydroxylation is 2. The number of hydrogen-bond donors (Lipinski definition) is 2. The van der Waals surface area contributed by atoms with Crippen LogP contribution in [0.2, 0.25) is 0 Å². The van der Waals surface area contributed by atoms with Crippen LogP contribution in [0.4, 0.5) is 0 Å². The molecule has 0 saturated carbocycles. The number of nitrogens with zero attached hydrogens (tertiary/aromatic N) is 2. The van der Waals surface area contributed by atoms with E-state index in [0.717, 1.165) is 103 Å². The summed E-state index contributed by atoms with van der Waals surface area (Å²) >= 11 is 0. The van der Waals surface area contributed by atoms with E-state index in [9.17, 15) is 0 Å². The lowest BCUT2D eigenvalue weighted by Crippen LogP contribution is -2.14. The molecule has 8 bridgehead atoms. The second-order valence-corrected chi connectivity index (χ2v) is 35.0. The molecule has 138 heavy (non-hydrogen) atoms. The van der Waals surface area contributed by atoms with E-state index < -0.39 is 0 Å². The molecule has 3 aromatic heterocycles. The van der Waals surface area contributed by atoms with Gasteiger partial charge >= 0.3 is 0 Å². The van der Waals surface area contributed by atoms with E-state index in [-0.39, 0.29) is 66.1 Å². The Labute approximate surface area is 823 Å². The van der Waals surface area contributed by atoms with Crippen molar-refractivity contribution in [3.8, 4) is 79.5 Å². The first-order valence-corrected chi connectivity index (χ1v) is 52.0. The number of methoxy groups -OCH3 is 6. The molecule has 4 aromatic carbocycles. The lowest BCUT2D eigenvalue weighted by atomic mass is 9.90. The van der Waals surface area contributed by atoms with Crippen molar-refractivity contribution in [2.75, 3.05) is 281 Å². The summed E-state index contributed by atoms with van der Waals surface area (Å²) in [5.41, 5.74) is 12.4. The van der Waals surface area contributed by atoms with Crippen LogP contribution in [0.1, 0.15) is 205 Å². The standard InChI is InChI=1S/C110H170N4O24/c1-9-11-13-15-17-19-21-23-25-27-29-31-33-35-37-87-75-89-90(76-88(87)38-36-34-32-30-28-26-24-22-20-18-16-14-12-10-2)98-84-100-92-78-106(134-70-64-128-58-52-122-46-40-116-4)108(136-72-66-130-60-54-124-48-42-118-6)80-94(92)102(113-100)86-104-96-82-110(138-74-68-132-62-56-126-50-44-120-8)109(137-73-67-131-61-55-125-49-43-119-7)81-95(96)103(114-104)85-101-93-79-107(135-71-65-129-59-53-123-47-41-117-5)105(77-91(93)99(112-101)83-97(89)111-98)133-69-63-127-57-51-121-45-39-115-3/h75-86,112-113H,9-74H2,1-8H3. The maximum absolute atomic E-state index is 6.82. The molecule has 774 valence electrons. The molecule has 2 N–H and O–H groups in total. The van der Waals surface area contributed by atoms with Gasteiger partial charge in [0.1, 0.15) is 39.6 Å². The molecular formula is C110H170N4O24. The SMILES string of the molecule is CCCCCCCCCCCCCCCCc1cc2c(cc1CCCCCCCCCCCCCCCC)-c1cc3[nH]c(cc4nc(cc5[nH]c(cc-2n1)c1cc(OCCOCCOCCOC)c(OCCOCCOCCOC)cc51)-c1cc(OCCOCCOCCOC)c(OCCOCCOCCOC)cc1-4)c1cc(OCCOCCOCCOC)c(OCCOCCOCCOC)cc31. The Morgan fingerprint density at radius 3 is 0.543 bits per heavy atom. The van der Waals surface area contributed by atoms with Crippen LogP contribution < -0.4 is 28.4 Å². The average Bonchev–Trinajstić information content (AvgIpc) is 1.59. The zero-order valence-corrected chi connectivity index (χ0v) is 85.3. The van der Waals surface area contributed by atoms with Gasteiger partial charge in [0.15, 0.2) is 34.5 Å². The molecular weight excluding hydrogens is 1760 g/mol. The highest BCUT2D eigenvalue weighted by atomic mass is 16.6. The van der Waals surface area contributed by atoms with E-state index in [4.69, 9.17) is 124 Å². The molecule has 9 rings (SSSR count). The molecule has 0 amide bonds. The minimum atomic E-state index is 0.196. The Bertz CT molecular complexity index is 4080. The van der Waals surface area contributed by atoms with Crippen molar-refractivity contribution in [3.63, 3.8) is 0 Å². The summed E-state index contributed by atoms with van der Waals surface area (Å²) in [7, 11) is 9.95. The van der Waals surface area contributed by atoms with Crippen molar-refractivity contribution >= 4 is 43.6 Å². The maximum atomic E-state index is 6.82. The van der Waals surface area contributed by atoms with Gasteiger partial charge in [-0.2, -0.15) is 0 Å². The second-order valence-electron chi connectivity index (χ2n) is 35.0. The molecule has 0 aliphatic carbocycles. The van der Waals surface area contributed by atoms with Gasteiger partial charge in [0.2, 0.25) is 0 Å². The molecule has 0 saturated heterocycles. The van der Waals surface area contributed by atoms with Gasteiger partial charge in [-0.05, 0) is 110 Å². The predicted octanol–water partition coefficient (Wildman–Crippen LogP) is 21.7. The average molecular weight is 1930 g/mol. The number of H-pyrrole nitrogens is 2. The van der Waals surface area contributed by atoms with Gasteiger partial charge < -0.3 is 124 Å². The summed E-state index contributed by atoms with van der Waals surface area (Å²) in [4.78, 5) is 19.6. The Kier molecular flexibility index (Phi) is 60.9. The third kappa shape index (κ3) is 43.8. The summed E-state index contributed by atoms with van der Waals surface area (Å²) in [6.07, 6.45) is 38.4. The van der Waals surface area contributed by atoms with Gasteiger partial charge in [-0.15, -0.1) is 0 Å². The Balaban J connectivity index is 1.24. The van der Waals surface area contributed by atoms with E-state index in [1.807, 2.05) is 12.1 Å². The van der Waals surface area contributed by atoms with Gasteiger partial charge in [-0.1, -0.05) is 181 Å². The topological polar surface area (TPSA) is 279 Å². The van der Waals surface area contributed by atoms with Crippen LogP contribution in [0.5, 0.6) is 34.5 Å². The highest BCUT2D eigenvalue weighted by molar-refractivity contribution is 6.12. The van der Waals surface area contributed by atoms with Crippen LogP contribution >= 0.6 is 0 Å². The summed E-state index contributed by atoms with van der Waals surface area (Å²) in [5, 5.41) is 3.42. The van der Waals surface area contributed by atoms with Crippen LogP contribution in [0.15, 0.2) is 72.8 Å². The summed E-state index contributed by atoms with van der Waals surface area (Å²) in [6, 6.07) is 25.9. The number of nitrogens with one attached hydrogen (secondary N) is 2. The number of aromatic amines is 2. The smallest absolute Gasteiger partial charge is 0.162 e. The molecule has 2 aliphatic heterocycles. The normalized spacial score (nSPS) is 11.9. The van der Waals surface area contributed by atoms with E-state index >= 15 is 0 Å². The minimum Gasteiger partial charge on any atom is -0.487 e. The number of rotatable bonds is 90. The largest absolute Gasteiger partial charge is 0.487 e. The second kappa shape index (κ2) is 73.6. The van der Waals surface area contributed by atoms with Crippen LogP contribution in [-0.2, 0) is 98.1 Å². The fourth-order valence-electron chi connectivity index (χ4n) is 16.8. The van der Waals surface area contributed by atoms with Gasteiger partial charge in [0.25, 0.3) is 0 Å². The van der Waals surface area contributed by atoms with Gasteiger partial charge in [0.05, 0.1) is 221 Å². The first-order chi connectivity index (χ1) is 68.3. The van der Waals surface area contributed by atoms with E-state index in [0.29, 0.717) is 218 Å². The number of aromatic nitrogens is 4. The quantitative estimate of drug-likeness (QED) is 0.0335. The molecule has 0 atom stereocenters. The minimum absolute atomic E-state index is 0.196. The van der Waals surface area contributed by atoms with Crippen molar-refractivity contribution < 1.29 is 114 Å². The number of unbranched alkanes of at least 4 members (excludes halogenated alkanes) is 26. The molecule has 7 aromatic rings. The molecule has 2 aliphatic rings. The molecule has 0 fully saturated rings. The molecule has 28 nitrogen and oxygen atoms in total. The van der Waals surface area contributed by atoms with Crippen molar-refractivity contribution in [1.82, 2.24) is 19.9 Å². The number of benzene rings is 4. The van der Waals surface area contributed by atoms with Crippen LogP contribution in [0.25, 0.3) is 88.6 Å². The zero-order chi connectivity index (χ0) is 96.8. The van der Waals surface area contributed by atoms with Crippen molar-refractivity contribution in [3.05, 3.63) is 83.9 Å². The van der Waals surface area contributed by atoms with E-state index in [1.54, 1.807) is 42.7 Å². The monoisotopic (exact) mass is 1930 g/mol. The van der Waals surface area contributed by atoms with Crippen molar-refractivity contribution in [2.45, 2.75) is 206 Å². The Hall–Kier alpha value is -7.40. The molecule has 5 heterocycles. The first kappa shape index (κ1) is 114. The van der Waals surface area contributed by atoms with E-state index in [2.05, 4.69) is 84.5 Å². The van der Waals surface area contributed by atoms with Crippen LogP contribution in [0.3, 0.4) is 0 Å². The zero-order valence-electron chi connectivity index (χ0n) is 85.3. The van der Waals surface area contributed by atoms with Crippen molar-refractivity contribution in [1.29, 1.82) is 0 Å². The molecule has 0 spiro atoms. The predicted molar refractivity (Wildman–Crippen MR) is 547 cm³/mol. The maximum Gasteiger partial charge on any atom is 0.162 e. The Morgan fingerprint density at radius 1 is 0.181 bits per heavy atom.